The number of halogens is 2. The van der Waals surface area contributed by atoms with Crippen LogP contribution in [0.4, 0.5) is 11.4 Å². The van der Waals surface area contributed by atoms with Gasteiger partial charge in [-0.15, -0.1) is 0 Å². The summed E-state index contributed by atoms with van der Waals surface area (Å²) in [5.41, 5.74) is 8.32. The number of anilines is 2. The molecule has 0 saturated heterocycles. The average Bonchev–Trinajstić information content (AvgIpc) is 2.57. The van der Waals surface area contributed by atoms with Gasteiger partial charge in [0.25, 0.3) is 0 Å². The fraction of sp³-hybridized carbons (Fsp3) is 0.235. The second kappa shape index (κ2) is 8.39. The number of nitrogen functional groups attached to an aromatic ring is 1. The van der Waals surface area contributed by atoms with Crippen LogP contribution >= 0.6 is 31.9 Å². The minimum atomic E-state index is -0.232. The van der Waals surface area contributed by atoms with Crippen LogP contribution in [0.3, 0.4) is 0 Å². The summed E-state index contributed by atoms with van der Waals surface area (Å²) in [5, 5.41) is 3.02. The standard InChI is InChI=1S/C17H18Br2N2O3/c1-21-15-9-11(4-5-14(15)20)24-17-12(18)7-10(8-13(17)19)3-6-16(22)23-2/h4-5,7-9,21H,3,6,20H2,1-2H3. The smallest absolute Gasteiger partial charge is 0.305 e. The van der Waals surface area contributed by atoms with Crippen LogP contribution in [0.5, 0.6) is 11.5 Å². The van der Waals surface area contributed by atoms with Crippen LogP contribution in [0.25, 0.3) is 0 Å². The van der Waals surface area contributed by atoms with Crippen molar-refractivity contribution in [3.63, 3.8) is 0 Å². The van der Waals surface area contributed by atoms with Crippen molar-refractivity contribution in [2.24, 2.45) is 0 Å². The molecule has 0 radical (unpaired) electrons. The lowest BCUT2D eigenvalue weighted by Crippen LogP contribution is -2.02. The number of methoxy groups -OCH3 is 1. The molecule has 2 aromatic rings. The molecule has 3 N–H and O–H groups in total. The van der Waals surface area contributed by atoms with E-state index in [4.69, 9.17) is 10.5 Å². The molecule has 0 aliphatic rings. The number of nitrogens with two attached hydrogens (primary N) is 1. The highest BCUT2D eigenvalue weighted by Gasteiger charge is 2.12. The van der Waals surface area contributed by atoms with E-state index in [0.29, 0.717) is 30.0 Å². The van der Waals surface area contributed by atoms with Gasteiger partial charge >= 0.3 is 5.97 Å². The van der Waals surface area contributed by atoms with Crippen molar-refractivity contribution < 1.29 is 14.3 Å². The van der Waals surface area contributed by atoms with E-state index in [-0.39, 0.29) is 5.97 Å². The van der Waals surface area contributed by atoms with Gasteiger partial charge in [0.05, 0.1) is 27.4 Å². The van der Waals surface area contributed by atoms with Crippen LogP contribution in [0.2, 0.25) is 0 Å². The molecule has 0 aliphatic heterocycles. The van der Waals surface area contributed by atoms with E-state index in [0.717, 1.165) is 20.2 Å². The van der Waals surface area contributed by atoms with Crippen molar-refractivity contribution in [1.82, 2.24) is 0 Å². The molecule has 2 rings (SSSR count). The molecular formula is C17H18Br2N2O3. The van der Waals surface area contributed by atoms with Gasteiger partial charge in [0.2, 0.25) is 0 Å². The average molecular weight is 458 g/mol. The van der Waals surface area contributed by atoms with Crippen molar-refractivity contribution >= 4 is 49.2 Å². The number of nitrogens with one attached hydrogen (secondary N) is 1. The molecule has 0 aromatic heterocycles. The number of esters is 1. The summed E-state index contributed by atoms with van der Waals surface area (Å²) in [6, 6.07) is 9.28. The number of hydrogen-bond acceptors (Lipinski definition) is 5. The van der Waals surface area contributed by atoms with E-state index in [1.54, 1.807) is 19.2 Å². The van der Waals surface area contributed by atoms with Crippen LogP contribution in [0.15, 0.2) is 39.3 Å². The second-order valence-electron chi connectivity index (χ2n) is 5.07. The molecule has 0 saturated carbocycles. The molecule has 0 amide bonds. The molecule has 5 nitrogen and oxygen atoms in total. The van der Waals surface area contributed by atoms with E-state index in [1.807, 2.05) is 18.2 Å². The molecule has 7 heteroatoms. The first-order chi connectivity index (χ1) is 11.4. The predicted octanol–water partition coefficient (Wildman–Crippen LogP) is 4.73. The maximum Gasteiger partial charge on any atom is 0.305 e. The third-order valence-corrected chi connectivity index (χ3v) is 4.60. The lowest BCUT2D eigenvalue weighted by atomic mass is 10.1. The Hall–Kier alpha value is -1.73. The number of ether oxygens (including phenoxy) is 2. The topological polar surface area (TPSA) is 73.6 Å². The fourth-order valence-corrected chi connectivity index (χ4v) is 3.58. The zero-order chi connectivity index (χ0) is 17.7. The Balaban J connectivity index is 2.20. The number of rotatable bonds is 6. The monoisotopic (exact) mass is 456 g/mol. The molecule has 2 aromatic carbocycles. The van der Waals surface area contributed by atoms with Crippen LogP contribution in [0.1, 0.15) is 12.0 Å². The molecule has 128 valence electrons. The van der Waals surface area contributed by atoms with E-state index in [9.17, 15) is 4.79 Å². The highest BCUT2D eigenvalue weighted by molar-refractivity contribution is 9.11. The molecule has 0 aliphatic carbocycles. The largest absolute Gasteiger partial charge is 0.469 e. The molecule has 24 heavy (non-hydrogen) atoms. The van der Waals surface area contributed by atoms with Gasteiger partial charge in [-0.25, -0.2) is 0 Å². The summed E-state index contributed by atoms with van der Waals surface area (Å²) in [5.74, 6) is 1.09. The fourth-order valence-electron chi connectivity index (χ4n) is 2.14. The van der Waals surface area contributed by atoms with Crippen LogP contribution in [0, 0.1) is 0 Å². The van der Waals surface area contributed by atoms with Crippen LogP contribution in [-0.4, -0.2) is 20.1 Å². The summed E-state index contributed by atoms with van der Waals surface area (Å²) in [6.07, 6.45) is 0.926. The highest BCUT2D eigenvalue weighted by atomic mass is 79.9. The van der Waals surface area contributed by atoms with Crippen molar-refractivity contribution in [3.8, 4) is 11.5 Å². The quantitative estimate of drug-likeness (QED) is 0.484. The SMILES string of the molecule is CNc1cc(Oc2c(Br)cc(CCC(=O)OC)cc2Br)ccc1N. The molecule has 0 heterocycles. The van der Waals surface area contributed by atoms with Gasteiger partial charge in [0, 0.05) is 19.5 Å². The normalized spacial score (nSPS) is 10.3. The van der Waals surface area contributed by atoms with E-state index in [2.05, 4.69) is 41.9 Å². The Morgan fingerprint density at radius 1 is 1.21 bits per heavy atom. The molecule has 0 bridgehead atoms. The Kier molecular flexibility index (Phi) is 6.51. The van der Waals surface area contributed by atoms with Crippen molar-refractivity contribution in [1.29, 1.82) is 0 Å². The van der Waals surface area contributed by atoms with Gasteiger partial charge in [0.1, 0.15) is 5.75 Å². The second-order valence-corrected chi connectivity index (χ2v) is 6.77. The van der Waals surface area contributed by atoms with Crippen LogP contribution < -0.4 is 15.8 Å². The minimum Gasteiger partial charge on any atom is -0.469 e. The maximum atomic E-state index is 11.3. The number of benzene rings is 2. The lowest BCUT2D eigenvalue weighted by molar-refractivity contribution is -0.140. The lowest BCUT2D eigenvalue weighted by Gasteiger charge is -2.13. The Morgan fingerprint density at radius 3 is 2.46 bits per heavy atom. The summed E-state index contributed by atoms with van der Waals surface area (Å²) >= 11 is 7.04. The molecule has 0 atom stereocenters. The number of carbonyl (C=O) groups excluding carboxylic acids is 1. The molecule has 0 unspecified atom stereocenters. The van der Waals surface area contributed by atoms with Gasteiger partial charge in [0.15, 0.2) is 5.75 Å². The number of aryl methyl sites for hydroxylation is 1. The van der Waals surface area contributed by atoms with Gasteiger partial charge < -0.3 is 20.5 Å². The molecular weight excluding hydrogens is 440 g/mol. The Bertz CT molecular complexity index is 728. The zero-order valence-electron chi connectivity index (χ0n) is 13.4. The van der Waals surface area contributed by atoms with Crippen LogP contribution in [-0.2, 0) is 16.0 Å². The Labute approximate surface area is 157 Å². The molecule has 0 fully saturated rings. The van der Waals surface area contributed by atoms with Crippen molar-refractivity contribution in [2.45, 2.75) is 12.8 Å². The van der Waals surface area contributed by atoms with Gasteiger partial charge in [-0.3, -0.25) is 4.79 Å². The first-order valence-electron chi connectivity index (χ1n) is 7.24. The van der Waals surface area contributed by atoms with Gasteiger partial charge in [-0.2, -0.15) is 0 Å². The first kappa shape index (κ1) is 18.6. The minimum absolute atomic E-state index is 0.232. The van der Waals surface area contributed by atoms with Gasteiger partial charge in [-0.1, -0.05) is 0 Å². The number of carbonyl (C=O) groups is 1. The van der Waals surface area contributed by atoms with Crippen molar-refractivity contribution in [2.75, 3.05) is 25.2 Å². The summed E-state index contributed by atoms with van der Waals surface area (Å²) in [7, 11) is 3.19. The van der Waals surface area contributed by atoms with E-state index in [1.165, 1.54) is 7.11 Å². The van der Waals surface area contributed by atoms with Crippen molar-refractivity contribution in [3.05, 3.63) is 44.8 Å². The first-order valence-corrected chi connectivity index (χ1v) is 8.83. The van der Waals surface area contributed by atoms with E-state index < -0.39 is 0 Å². The summed E-state index contributed by atoms with van der Waals surface area (Å²) in [6.45, 7) is 0. The maximum absolute atomic E-state index is 11.3. The van der Waals surface area contributed by atoms with Gasteiger partial charge in [-0.05, 0) is 68.1 Å². The third-order valence-electron chi connectivity index (χ3n) is 3.42. The summed E-state index contributed by atoms with van der Waals surface area (Å²) in [4.78, 5) is 11.3. The molecule has 0 spiro atoms. The van der Waals surface area contributed by atoms with E-state index >= 15 is 0 Å². The Morgan fingerprint density at radius 2 is 1.88 bits per heavy atom. The number of hydrogen-bond donors (Lipinski definition) is 2. The third kappa shape index (κ3) is 4.64. The predicted molar refractivity (Wildman–Crippen MR) is 103 cm³/mol. The zero-order valence-corrected chi connectivity index (χ0v) is 16.5. The highest BCUT2D eigenvalue weighted by Crippen LogP contribution is 2.39. The summed E-state index contributed by atoms with van der Waals surface area (Å²) < 4.78 is 12.2.